The number of nitriles is 1. The molecule has 1 heterocycles. The molecule has 2 atom stereocenters. The Kier molecular flexibility index (Phi) is 6.89. The number of anilines is 1. The van der Waals surface area contributed by atoms with Crippen LogP contribution in [0.1, 0.15) is 38.2 Å². The topological polar surface area (TPSA) is 83.4 Å². The molecule has 0 aliphatic carbocycles. The molecular weight excluding hydrogens is 306 g/mol. The van der Waals surface area contributed by atoms with Crippen LogP contribution < -0.4 is 15.4 Å². The number of amides is 2. The monoisotopic (exact) mass is 331 g/mol. The zero-order chi connectivity index (χ0) is 17.4. The van der Waals surface area contributed by atoms with Crippen LogP contribution in [-0.2, 0) is 4.74 Å². The van der Waals surface area contributed by atoms with E-state index in [1.165, 1.54) is 0 Å². The molecule has 1 aliphatic rings. The summed E-state index contributed by atoms with van der Waals surface area (Å²) in [5, 5.41) is 14.4. The van der Waals surface area contributed by atoms with E-state index in [1.54, 1.807) is 0 Å². The summed E-state index contributed by atoms with van der Waals surface area (Å²) in [4.78, 5) is 12.1. The first-order valence-electron chi connectivity index (χ1n) is 8.42. The van der Waals surface area contributed by atoms with E-state index in [2.05, 4.69) is 16.7 Å². The fourth-order valence-corrected chi connectivity index (χ4v) is 2.56. The fourth-order valence-electron chi connectivity index (χ4n) is 2.56. The van der Waals surface area contributed by atoms with Crippen molar-refractivity contribution in [1.29, 1.82) is 5.26 Å². The number of urea groups is 1. The second-order valence-electron chi connectivity index (χ2n) is 6.01. The van der Waals surface area contributed by atoms with Gasteiger partial charge in [-0.2, -0.15) is 5.26 Å². The lowest BCUT2D eigenvalue weighted by atomic mass is 10.2. The van der Waals surface area contributed by atoms with Crippen LogP contribution in [-0.4, -0.2) is 31.4 Å². The Hall–Kier alpha value is -2.26. The second kappa shape index (κ2) is 9.14. The minimum Gasteiger partial charge on any atom is -0.489 e. The molecule has 1 saturated heterocycles. The molecule has 1 aromatic carbocycles. The highest BCUT2D eigenvalue weighted by atomic mass is 16.5. The molecule has 130 valence electrons. The summed E-state index contributed by atoms with van der Waals surface area (Å²) >= 11 is 0. The Bertz CT molecular complexity index is 592. The summed E-state index contributed by atoms with van der Waals surface area (Å²) in [6, 6.07) is 7.23. The smallest absolute Gasteiger partial charge is 0.319 e. The van der Waals surface area contributed by atoms with E-state index in [4.69, 9.17) is 14.7 Å². The number of hydrogen-bond acceptors (Lipinski definition) is 4. The second-order valence-corrected chi connectivity index (χ2v) is 6.01. The molecule has 1 aromatic rings. The number of ether oxygens (including phenoxy) is 2. The van der Waals surface area contributed by atoms with Gasteiger partial charge < -0.3 is 20.1 Å². The number of carbonyl (C=O) groups excluding carboxylic acids is 1. The average Bonchev–Trinajstić information content (AvgIpc) is 3.08. The van der Waals surface area contributed by atoms with E-state index in [0.29, 0.717) is 30.9 Å². The van der Waals surface area contributed by atoms with Gasteiger partial charge in [0.05, 0.1) is 24.3 Å². The van der Waals surface area contributed by atoms with Gasteiger partial charge in [-0.1, -0.05) is 13.0 Å². The Balaban J connectivity index is 1.97. The van der Waals surface area contributed by atoms with Crippen LogP contribution in [0.3, 0.4) is 0 Å². The summed E-state index contributed by atoms with van der Waals surface area (Å²) in [5.41, 5.74) is 1.67. The molecule has 1 aliphatic heterocycles. The van der Waals surface area contributed by atoms with Crippen LogP contribution >= 0.6 is 0 Å². The zero-order valence-electron chi connectivity index (χ0n) is 14.3. The average molecular weight is 331 g/mol. The minimum atomic E-state index is -0.331. The maximum atomic E-state index is 12.1. The van der Waals surface area contributed by atoms with E-state index in [1.807, 2.05) is 32.0 Å². The Morgan fingerprint density at radius 2 is 2.38 bits per heavy atom. The molecule has 0 saturated carbocycles. The number of hydrogen-bond donors (Lipinski definition) is 2. The van der Waals surface area contributed by atoms with Crippen LogP contribution in [0, 0.1) is 18.3 Å². The number of carbonyl (C=O) groups is 1. The summed E-state index contributed by atoms with van der Waals surface area (Å²) < 4.78 is 11.4. The lowest BCUT2D eigenvalue weighted by Crippen LogP contribution is -2.37. The van der Waals surface area contributed by atoms with Crippen LogP contribution in [0.25, 0.3) is 0 Å². The number of nitrogens with zero attached hydrogens (tertiary/aromatic N) is 1. The van der Waals surface area contributed by atoms with Gasteiger partial charge in [0.2, 0.25) is 0 Å². The molecule has 6 heteroatoms. The fraction of sp³-hybridized carbons (Fsp3) is 0.556. The molecule has 1 fully saturated rings. The summed E-state index contributed by atoms with van der Waals surface area (Å²) in [6.07, 6.45) is 3.18. The van der Waals surface area contributed by atoms with Gasteiger partial charge in [0.1, 0.15) is 12.4 Å². The van der Waals surface area contributed by atoms with E-state index in [9.17, 15) is 4.79 Å². The highest BCUT2D eigenvalue weighted by Crippen LogP contribution is 2.27. The van der Waals surface area contributed by atoms with Gasteiger partial charge in [0, 0.05) is 12.6 Å². The molecule has 0 bridgehead atoms. The van der Waals surface area contributed by atoms with E-state index in [0.717, 1.165) is 25.0 Å². The molecule has 0 spiro atoms. The molecule has 24 heavy (non-hydrogen) atoms. The highest BCUT2D eigenvalue weighted by Gasteiger charge is 2.18. The Labute approximate surface area is 143 Å². The number of benzene rings is 1. The predicted octanol–water partition coefficient (Wildman–Crippen LogP) is 3.37. The van der Waals surface area contributed by atoms with Gasteiger partial charge in [0.15, 0.2) is 0 Å². The first kappa shape index (κ1) is 18.1. The highest BCUT2D eigenvalue weighted by molar-refractivity contribution is 5.91. The van der Waals surface area contributed by atoms with Gasteiger partial charge in [-0.25, -0.2) is 4.79 Å². The molecule has 2 amide bonds. The van der Waals surface area contributed by atoms with Crippen molar-refractivity contribution in [2.24, 2.45) is 0 Å². The van der Waals surface area contributed by atoms with Crippen molar-refractivity contribution in [3.63, 3.8) is 0 Å². The van der Waals surface area contributed by atoms with Crippen molar-refractivity contribution in [2.75, 3.05) is 18.5 Å². The Morgan fingerprint density at radius 1 is 1.54 bits per heavy atom. The van der Waals surface area contributed by atoms with Crippen molar-refractivity contribution < 1.29 is 14.3 Å². The zero-order valence-corrected chi connectivity index (χ0v) is 14.3. The lowest BCUT2D eigenvalue weighted by molar-refractivity contribution is 0.0682. The summed E-state index contributed by atoms with van der Waals surface area (Å²) in [5.74, 6) is 0.633. The van der Waals surface area contributed by atoms with Gasteiger partial charge in [-0.15, -0.1) is 0 Å². The van der Waals surface area contributed by atoms with Crippen molar-refractivity contribution in [1.82, 2.24) is 5.32 Å². The van der Waals surface area contributed by atoms with E-state index < -0.39 is 0 Å². The van der Waals surface area contributed by atoms with Gasteiger partial charge in [-0.3, -0.25) is 0 Å². The predicted molar refractivity (Wildman–Crippen MR) is 92.1 cm³/mol. The maximum Gasteiger partial charge on any atom is 0.319 e. The first-order valence-corrected chi connectivity index (χ1v) is 8.42. The largest absolute Gasteiger partial charge is 0.489 e. The van der Waals surface area contributed by atoms with Crippen LogP contribution in [0.4, 0.5) is 10.5 Å². The Morgan fingerprint density at radius 3 is 3.04 bits per heavy atom. The standard InChI is InChI=1S/C18H25N3O3/c1-3-14(8-9-19)20-18(22)21-16-7-6-13(2)11-17(16)24-12-15-5-4-10-23-15/h6-7,11,14-15H,3-5,8,10,12H2,1-2H3,(H2,20,21,22). The summed E-state index contributed by atoms with van der Waals surface area (Å²) in [6.45, 7) is 5.17. The van der Waals surface area contributed by atoms with E-state index in [-0.39, 0.29) is 18.2 Å². The maximum absolute atomic E-state index is 12.1. The molecule has 0 aromatic heterocycles. The van der Waals surface area contributed by atoms with Gasteiger partial charge in [-0.05, 0) is 43.9 Å². The van der Waals surface area contributed by atoms with Crippen LogP contribution in [0.15, 0.2) is 18.2 Å². The molecular formula is C18H25N3O3. The van der Waals surface area contributed by atoms with Crippen molar-refractivity contribution in [3.8, 4) is 11.8 Å². The molecule has 6 nitrogen and oxygen atoms in total. The number of nitrogens with one attached hydrogen (secondary N) is 2. The van der Waals surface area contributed by atoms with Gasteiger partial charge in [0.25, 0.3) is 0 Å². The van der Waals surface area contributed by atoms with Crippen LogP contribution in [0.5, 0.6) is 5.75 Å². The van der Waals surface area contributed by atoms with Gasteiger partial charge >= 0.3 is 6.03 Å². The quantitative estimate of drug-likeness (QED) is 0.802. The van der Waals surface area contributed by atoms with Crippen LogP contribution in [0.2, 0.25) is 0 Å². The molecule has 2 N–H and O–H groups in total. The SMILES string of the molecule is CCC(CC#N)NC(=O)Nc1ccc(C)cc1OCC1CCCO1. The summed E-state index contributed by atoms with van der Waals surface area (Å²) in [7, 11) is 0. The number of aryl methyl sites for hydroxylation is 1. The van der Waals surface area contributed by atoms with Crippen molar-refractivity contribution >= 4 is 11.7 Å². The third kappa shape index (κ3) is 5.43. The third-order valence-corrected chi connectivity index (χ3v) is 4.00. The van der Waals surface area contributed by atoms with Crippen molar-refractivity contribution in [3.05, 3.63) is 23.8 Å². The first-order chi connectivity index (χ1) is 11.6. The normalized spacial score (nSPS) is 17.8. The molecule has 2 unspecified atom stereocenters. The number of rotatable bonds is 7. The van der Waals surface area contributed by atoms with E-state index >= 15 is 0 Å². The van der Waals surface area contributed by atoms with Crippen molar-refractivity contribution in [2.45, 2.75) is 51.7 Å². The third-order valence-electron chi connectivity index (χ3n) is 4.00. The minimum absolute atomic E-state index is 0.118. The molecule has 0 radical (unpaired) electrons. The molecule has 2 rings (SSSR count). The lowest BCUT2D eigenvalue weighted by Gasteiger charge is -2.18.